The standard InChI is InChI=1S/C10H13Cl2N3O3S/c1-15(3-2-10(13)14-16)19(17,18)9-5-7(11)4-8(12)6-9/h4-6,16H,2-3H2,1H3,(H2,13,14). The number of sulfonamides is 1. The Labute approximate surface area is 121 Å². The fraction of sp³-hybridized carbons (Fsp3) is 0.300. The van der Waals surface area contributed by atoms with Crippen LogP contribution in [-0.2, 0) is 10.0 Å². The number of nitrogens with two attached hydrogens (primary N) is 1. The molecule has 3 N–H and O–H groups in total. The van der Waals surface area contributed by atoms with E-state index in [9.17, 15) is 8.42 Å². The average Bonchev–Trinajstić information content (AvgIpc) is 2.34. The second-order valence-electron chi connectivity index (χ2n) is 3.77. The van der Waals surface area contributed by atoms with E-state index in [1.54, 1.807) is 0 Å². The van der Waals surface area contributed by atoms with Crippen LogP contribution in [0, 0.1) is 0 Å². The number of hydrogen-bond donors (Lipinski definition) is 2. The molecule has 9 heteroatoms. The zero-order chi connectivity index (χ0) is 14.6. The maximum Gasteiger partial charge on any atom is 0.242 e. The summed E-state index contributed by atoms with van der Waals surface area (Å²) in [5.41, 5.74) is 5.29. The molecule has 0 radical (unpaired) electrons. The number of nitrogens with zero attached hydrogens (tertiary/aromatic N) is 2. The topological polar surface area (TPSA) is 96.0 Å². The predicted octanol–water partition coefficient (Wildman–Crippen LogP) is 1.75. The SMILES string of the molecule is CN(CC/C(N)=N/O)S(=O)(=O)c1cc(Cl)cc(Cl)c1. The van der Waals surface area contributed by atoms with Gasteiger partial charge in [-0.05, 0) is 18.2 Å². The Morgan fingerprint density at radius 3 is 2.37 bits per heavy atom. The largest absolute Gasteiger partial charge is 0.409 e. The summed E-state index contributed by atoms with van der Waals surface area (Å²) in [7, 11) is -2.33. The second-order valence-corrected chi connectivity index (χ2v) is 6.69. The highest BCUT2D eigenvalue weighted by Gasteiger charge is 2.21. The first kappa shape index (κ1) is 16.0. The number of oxime groups is 1. The minimum absolute atomic E-state index is 0.00740. The van der Waals surface area contributed by atoms with Gasteiger partial charge >= 0.3 is 0 Å². The zero-order valence-electron chi connectivity index (χ0n) is 10.0. The molecule has 1 rings (SSSR count). The van der Waals surface area contributed by atoms with Crippen molar-refractivity contribution in [1.29, 1.82) is 0 Å². The minimum atomic E-state index is -3.72. The van der Waals surface area contributed by atoms with Crippen LogP contribution >= 0.6 is 23.2 Å². The van der Waals surface area contributed by atoms with Gasteiger partial charge < -0.3 is 10.9 Å². The van der Waals surface area contributed by atoms with Gasteiger partial charge in [0.25, 0.3) is 0 Å². The van der Waals surface area contributed by atoms with Gasteiger partial charge in [0.05, 0.1) is 4.90 Å². The van der Waals surface area contributed by atoms with Crippen molar-refractivity contribution in [2.75, 3.05) is 13.6 Å². The van der Waals surface area contributed by atoms with Gasteiger partial charge in [0, 0.05) is 30.1 Å². The second kappa shape index (κ2) is 6.42. The minimum Gasteiger partial charge on any atom is -0.409 e. The van der Waals surface area contributed by atoms with Crippen molar-refractivity contribution in [2.24, 2.45) is 10.9 Å². The molecule has 0 spiro atoms. The predicted molar refractivity (Wildman–Crippen MR) is 74.3 cm³/mol. The molecule has 6 nitrogen and oxygen atoms in total. The van der Waals surface area contributed by atoms with Crippen LogP contribution in [-0.4, -0.2) is 37.4 Å². The molecule has 1 aromatic rings. The summed E-state index contributed by atoms with van der Waals surface area (Å²) in [4.78, 5) is -0.00740. The summed E-state index contributed by atoms with van der Waals surface area (Å²) in [6.07, 6.45) is 0.112. The molecule has 1 aromatic carbocycles. The van der Waals surface area contributed by atoms with Crippen molar-refractivity contribution in [3.05, 3.63) is 28.2 Å². The Morgan fingerprint density at radius 1 is 1.37 bits per heavy atom. The van der Waals surface area contributed by atoms with Crippen LogP contribution < -0.4 is 5.73 Å². The third-order valence-corrected chi connectivity index (χ3v) is 4.63. The molecule has 106 valence electrons. The lowest BCUT2D eigenvalue weighted by Crippen LogP contribution is -2.30. The number of amidine groups is 1. The van der Waals surface area contributed by atoms with Crippen molar-refractivity contribution < 1.29 is 13.6 Å². The number of rotatable bonds is 5. The fourth-order valence-corrected chi connectivity index (χ4v) is 3.20. The lowest BCUT2D eigenvalue weighted by molar-refractivity contribution is 0.316. The van der Waals surface area contributed by atoms with E-state index in [1.807, 2.05) is 0 Å². The van der Waals surface area contributed by atoms with Gasteiger partial charge in [0.2, 0.25) is 10.0 Å². The highest BCUT2D eigenvalue weighted by atomic mass is 35.5. The van der Waals surface area contributed by atoms with Crippen LogP contribution in [0.3, 0.4) is 0 Å². The fourth-order valence-electron chi connectivity index (χ4n) is 1.30. The summed E-state index contributed by atoms with van der Waals surface area (Å²) in [6.45, 7) is 0.0718. The van der Waals surface area contributed by atoms with Crippen molar-refractivity contribution in [3.8, 4) is 0 Å². The van der Waals surface area contributed by atoms with Crippen molar-refractivity contribution in [3.63, 3.8) is 0 Å². The molecule has 19 heavy (non-hydrogen) atoms. The zero-order valence-corrected chi connectivity index (χ0v) is 12.4. The third kappa shape index (κ3) is 4.24. The first-order valence-corrected chi connectivity index (χ1v) is 7.36. The van der Waals surface area contributed by atoms with E-state index in [1.165, 1.54) is 25.2 Å². The lowest BCUT2D eigenvalue weighted by Gasteiger charge is -2.17. The van der Waals surface area contributed by atoms with Crippen LogP contribution in [0.1, 0.15) is 6.42 Å². The van der Waals surface area contributed by atoms with E-state index in [0.29, 0.717) is 0 Å². The summed E-state index contributed by atoms with van der Waals surface area (Å²) < 4.78 is 25.5. The molecule has 0 atom stereocenters. The van der Waals surface area contributed by atoms with Gasteiger partial charge in [-0.2, -0.15) is 0 Å². The molecular formula is C10H13Cl2N3O3S. The first-order chi connectivity index (χ1) is 8.77. The van der Waals surface area contributed by atoms with E-state index in [2.05, 4.69) is 5.16 Å². The van der Waals surface area contributed by atoms with Crippen molar-refractivity contribution in [2.45, 2.75) is 11.3 Å². The summed E-state index contributed by atoms with van der Waals surface area (Å²) in [5, 5.41) is 11.6. The monoisotopic (exact) mass is 325 g/mol. The Morgan fingerprint density at radius 2 is 1.89 bits per heavy atom. The Balaban J connectivity index is 2.96. The third-order valence-electron chi connectivity index (χ3n) is 2.36. The Kier molecular flexibility index (Phi) is 5.42. The maximum atomic E-state index is 12.2. The summed E-state index contributed by atoms with van der Waals surface area (Å²) in [5.74, 6) is -0.0498. The first-order valence-electron chi connectivity index (χ1n) is 5.16. The average molecular weight is 326 g/mol. The van der Waals surface area contributed by atoms with Gasteiger partial charge in [0.15, 0.2) is 0 Å². The molecule has 0 saturated heterocycles. The summed E-state index contributed by atoms with van der Waals surface area (Å²) >= 11 is 11.5. The van der Waals surface area contributed by atoms with Crippen LogP contribution in [0.15, 0.2) is 28.3 Å². The smallest absolute Gasteiger partial charge is 0.242 e. The Bertz CT molecular complexity index is 569. The van der Waals surface area contributed by atoms with Crippen molar-refractivity contribution >= 4 is 39.1 Å². The highest BCUT2D eigenvalue weighted by Crippen LogP contribution is 2.24. The van der Waals surface area contributed by atoms with Gasteiger partial charge in [-0.15, -0.1) is 0 Å². The van der Waals surface area contributed by atoms with Crippen LogP contribution in [0.2, 0.25) is 10.0 Å². The number of halogens is 2. The molecule has 0 amide bonds. The lowest BCUT2D eigenvalue weighted by atomic mass is 10.4. The number of hydrogen-bond acceptors (Lipinski definition) is 4. The normalized spacial score (nSPS) is 12.9. The van der Waals surface area contributed by atoms with Gasteiger partial charge in [-0.3, -0.25) is 0 Å². The van der Waals surface area contributed by atoms with E-state index in [-0.39, 0.29) is 33.7 Å². The van der Waals surface area contributed by atoms with Crippen LogP contribution in [0.4, 0.5) is 0 Å². The quantitative estimate of drug-likeness (QED) is 0.373. The van der Waals surface area contributed by atoms with Crippen LogP contribution in [0.25, 0.3) is 0 Å². The molecule has 0 aromatic heterocycles. The molecule has 0 unspecified atom stereocenters. The van der Waals surface area contributed by atoms with E-state index < -0.39 is 10.0 Å². The Hall–Kier alpha value is -1.02. The van der Waals surface area contributed by atoms with Gasteiger partial charge in [0.1, 0.15) is 5.84 Å². The molecule has 0 bridgehead atoms. The number of benzene rings is 1. The molecule has 0 aliphatic heterocycles. The molecule has 0 aliphatic carbocycles. The summed E-state index contributed by atoms with van der Waals surface area (Å²) in [6, 6.07) is 4.06. The van der Waals surface area contributed by atoms with E-state index in [0.717, 1.165) is 4.31 Å². The molecule has 0 saturated carbocycles. The van der Waals surface area contributed by atoms with Crippen molar-refractivity contribution in [1.82, 2.24) is 4.31 Å². The molecule has 0 fully saturated rings. The molecular weight excluding hydrogens is 313 g/mol. The van der Waals surface area contributed by atoms with E-state index in [4.69, 9.17) is 34.1 Å². The highest BCUT2D eigenvalue weighted by molar-refractivity contribution is 7.89. The van der Waals surface area contributed by atoms with Crippen LogP contribution in [0.5, 0.6) is 0 Å². The van der Waals surface area contributed by atoms with Gasteiger partial charge in [-0.25, -0.2) is 12.7 Å². The maximum absolute atomic E-state index is 12.2. The molecule has 0 aliphatic rings. The van der Waals surface area contributed by atoms with E-state index >= 15 is 0 Å². The molecule has 0 heterocycles. The van der Waals surface area contributed by atoms with Gasteiger partial charge in [-0.1, -0.05) is 28.4 Å².